The number of hydrogen-bond donors (Lipinski definition) is 0. The lowest BCUT2D eigenvalue weighted by molar-refractivity contribution is -0.162. The quantitative estimate of drug-likeness (QED) is 0.128. The van der Waals surface area contributed by atoms with Gasteiger partial charge in [0.15, 0.2) is 0 Å². The summed E-state index contributed by atoms with van der Waals surface area (Å²) in [6, 6.07) is 0. The van der Waals surface area contributed by atoms with Crippen LogP contribution < -0.4 is 0 Å². The van der Waals surface area contributed by atoms with Crippen molar-refractivity contribution in [2.24, 2.45) is 5.41 Å². The Morgan fingerprint density at radius 1 is 0.516 bits per heavy atom. The zero-order valence-electron chi connectivity index (χ0n) is 20.5. The van der Waals surface area contributed by atoms with Gasteiger partial charge in [-0.2, -0.15) is 0 Å². The molecule has 6 heteroatoms. The van der Waals surface area contributed by atoms with Crippen molar-refractivity contribution in [3.05, 3.63) is 0 Å². The molecule has 0 radical (unpaired) electrons. The molecule has 0 heterocycles. The first-order valence-corrected chi connectivity index (χ1v) is 12.4. The molecule has 0 rings (SSSR count). The van der Waals surface area contributed by atoms with Gasteiger partial charge in [0.1, 0.15) is 19.8 Å². The molecular formula is C25H46O6. The van der Waals surface area contributed by atoms with Crippen LogP contribution in [0.15, 0.2) is 0 Å². The van der Waals surface area contributed by atoms with Gasteiger partial charge in [0.05, 0.1) is 5.41 Å². The van der Waals surface area contributed by atoms with Crippen molar-refractivity contribution in [1.29, 1.82) is 0 Å². The Labute approximate surface area is 189 Å². The van der Waals surface area contributed by atoms with E-state index in [2.05, 4.69) is 20.8 Å². The van der Waals surface area contributed by atoms with E-state index in [-0.39, 0.29) is 37.7 Å². The van der Waals surface area contributed by atoms with Gasteiger partial charge in [-0.05, 0) is 25.7 Å². The molecule has 0 atom stereocenters. The zero-order chi connectivity index (χ0) is 23.4. The van der Waals surface area contributed by atoms with Crippen LogP contribution in [-0.4, -0.2) is 37.7 Å². The van der Waals surface area contributed by atoms with Gasteiger partial charge < -0.3 is 14.2 Å². The third kappa shape index (κ3) is 15.8. The van der Waals surface area contributed by atoms with Crippen molar-refractivity contribution < 1.29 is 28.6 Å². The second kappa shape index (κ2) is 19.1. The lowest BCUT2D eigenvalue weighted by atomic mass is 9.85. The predicted molar refractivity (Wildman–Crippen MR) is 123 cm³/mol. The molecule has 6 nitrogen and oxygen atoms in total. The van der Waals surface area contributed by atoms with Crippen LogP contribution in [0, 0.1) is 5.41 Å². The number of carbonyl (C=O) groups excluding carboxylic acids is 3. The summed E-state index contributed by atoms with van der Waals surface area (Å²) in [5.74, 6) is -0.757. The average molecular weight is 443 g/mol. The number of esters is 3. The SMILES string of the molecule is CCCCCC(=O)OCC(CCC)(COC(=O)CCCCC)COC(=O)CCCCC. The fourth-order valence-corrected chi connectivity index (χ4v) is 3.35. The molecule has 0 unspecified atom stereocenters. The van der Waals surface area contributed by atoms with Gasteiger partial charge in [-0.1, -0.05) is 72.6 Å². The number of ether oxygens (including phenoxy) is 3. The highest BCUT2D eigenvalue weighted by Gasteiger charge is 2.35. The Bertz CT molecular complexity index is 424. The van der Waals surface area contributed by atoms with Gasteiger partial charge >= 0.3 is 17.9 Å². The molecule has 0 saturated heterocycles. The minimum Gasteiger partial charge on any atom is -0.465 e. The van der Waals surface area contributed by atoms with Crippen molar-refractivity contribution in [2.75, 3.05) is 19.8 Å². The molecule has 0 aromatic rings. The standard InChI is InChI=1S/C25H46O6/c1-5-9-12-15-22(26)29-19-25(18-8-4,20-30-23(27)16-13-10-6-2)21-31-24(28)17-14-11-7-3/h5-21H2,1-4H3. The molecule has 0 N–H and O–H groups in total. The second-order valence-electron chi connectivity index (χ2n) is 8.60. The third-order valence-corrected chi connectivity index (χ3v) is 5.35. The van der Waals surface area contributed by atoms with Gasteiger partial charge in [-0.3, -0.25) is 14.4 Å². The Hall–Kier alpha value is -1.59. The molecule has 182 valence electrons. The molecular weight excluding hydrogens is 396 g/mol. The van der Waals surface area contributed by atoms with Crippen LogP contribution in [-0.2, 0) is 28.6 Å². The first-order chi connectivity index (χ1) is 14.9. The number of rotatable bonds is 20. The molecule has 0 spiro atoms. The first kappa shape index (κ1) is 29.4. The molecule has 0 bridgehead atoms. The number of hydrogen-bond acceptors (Lipinski definition) is 6. The van der Waals surface area contributed by atoms with E-state index in [0.717, 1.165) is 64.2 Å². The zero-order valence-corrected chi connectivity index (χ0v) is 20.5. The maximum atomic E-state index is 12.2. The largest absolute Gasteiger partial charge is 0.465 e. The monoisotopic (exact) mass is 442 g/mol. The molecule has 0 aromatic heterocycles. The Balaban J connectivity index is 4.97. The average Bonchev–Trinajstić information content (AvgIpc) is 2.75. The summed E-state index contributed by atoms with van der Waals surface area (Å²) in [5, 5.41) is 0. The van der Waals surface area contributed by atoms with Crippen LogP contribution in [0.5, 0.6) is 0 Å². The Morgan fingerprint density at radius 3 is 1.10 bits per heavy atom. The summed E-state index contributed by atoms with van der Waals surface area (Å²) < 4.78 is 16.6. The maximum Gasteiger partial charge on any atom is 0.305 e. The summed E-state index contributed by atoms with van der Waals surface area (Å²) in [5.41, 5.74) is -0.698. The Kier molecular flexibility index (Phi) is 18.1. The summed E-state index contributed by atoms with van der Waals surface area (Å²) in [6.45, 7) is 8.55. The summed E-state index contributed by atoms with van der Waals surface area (Å²) in [7, 11) is 0. The summed E-state index contributed by atoms with van der Waals surface area (Å²) in [4.78, 5) is 36.5. The maximum absolute atomic E-state index is 12.2. The van der Waals surface area contributed by atoms with Crippen LogP contribution in [0.3, 0.4) is 0 Å². The van der Waals surface area contributed by atoms with E-state index in [1.165, 1.54) is 0 Å². The third-order valence-electron chi connectivity index (χ3n) is 5.35. The highest BCUT2D eigenvalue weighted by molar-refractivity contribution is 5.70. The van der Waals surface area contributed by atoms with E-state index in [9.17, 15) is 14.4 Å². The van der Waals surface area contributed by atoms with E-state index in [1.807, 2.05) is 6.92 Å². The van der Waals surface area contributed by atoms with Gasteiger partial charge in [0.25, 0.3) is 0 Å². The molecule has 0 aliphatic heterocycles. The molecule has 0 aliphatic carbocycles. The van der Waals surface area contributed by atoms with E-state index in [4.69, 9.17) is 14.2 Å². The van der Waals surface area contributed by atoms with Gasteiger partial charge in [0.2, 0.25) is 0 Å². The van der Waals surface area contributed by atoms with Gasteiger partial charge in [-0.25, -0.2) is 0 Å². The Morgan fingerprint density at radius 2 is 0.839 bits per heavy atom. The predicted octanol–water partition coefficient (Wildman–Crippen LogP) is 6.14. The minimum absolute atomic E-state index is 0.0935. The molecule has 0 aliphatic rings. The van der Waals surface area contributed by atoms with Crippen molar-refractivity contribution in [3.8, 4) is 0 Å². The summed E-state index contributed by atoms with van der Waals surface area (Å²) in [6.07, 6.45) is 11.0. The molecule has 0 amide bonds. The van der Waals surface area contributed by atoms with Crippen molar-refractivity contribution in [3.63, 3.8) is 0 Å². The molecule has 0 saturated carbocycles. The lowest BCUT2D eigenvalue weighted by Gasteiger charge is -2.32. The van der Waals surface area contributed by atoms with E-state index < -0.39 is 5.41 Å². The lowest BCUT2D eigenvalue weighted by Crippen LogP contribution is -2.39. The molecule has 0 aromatic carbocycles. The molecule has 0 fully saturated rings. The van der Waals surface area contributed by atoms with Gasteiger partial charge in [0, 0.05) is 19.3 Å². The second-order valence-corrected chi connectivity index (χ2v) is 8.60. The molecule has 31 heavy (non-hydrogen) atoms. The highest BCUT2D eigenvalue weighted by atomic mass is 16.6. The minimum atomic E-state index is -0.698. The highest BCUT2D eigenvalue weighted by Crippen LogP contribution is 2.27. The van der Waals surface area contributed by atoms with Crippen molar-refractivity contribution in [2.45, 2.75) is 118 Å². The van der Waals surface area contributed by atoms with E-state index >= 15 is 0 Å². The van der Waals surface area contributed by atoms with Crippen molar-refractivity contribution >= 4 is 17.9 Å². The first-order valence-electron chi connectivity index (χ1n) is 12.4. The fourth-order valence-electron chi connectivity index (χ4n) is 3.35. The van der Waals surface area contributed by atoms with Crippen molar-refractivity contribution in [1.82, 2.24) is 0 Å². The van der Waals surface area contributed by atoms with Crippen LogP contribution in [0.25, 0.3) is 0 Å². The fraction of sp³-hybridized carbons (Fsp3) is 0.880. The number of unbranched alkanes of at least 4 members (excludes halogenated alkanes) is 6. The van der Waals surface area contributed by atoms with Gasteiger partial charge in [-0.15, -0.1) is 0 Å². The summed E-state index contributed by atoms with van der Waals surface area (Å²) >= 11 is 0. The van der Waals surface area contributed by atoms with Crippen LogP contribution in [0.4, 0.5) is 0 Å². The van der Waals surface area contributed by atoms with E-state index in [1.54, 1.807) is 0 Å². The number of carbonyl (C=O) groups is 3. The van der Waals surface area contributed by atoms with E-state index in [0.29, 0.717) is 25.7 Å². The smallest absolute Gasteiger partial charge is 0.305 e. The normalized spacial score (nSPS) is 11.2. The van der Waals surface area contributed by atoms with Crippen LogP contribution in [0.1, 0.15) is 118 Å². The van der Waals surface area contributed by atoms with Crippen LogP contribution in [0.2, 0.25) is 0 Å². The topological polar surface area (TPSA) is 78.9 Å². The van der Waals surface area contributed by atoms with Crippen LogP contribution >= 0.6 is 0 Å².